The molecule has 1 heterocycles. The van der Waals surface area contributed by atoms with Crippen molar-refractivity contribution in [1.29, 1.82) is 0 Å². The van der Waals surface area contributed by atoms with Gasteiger partial charge in [-0.2, -0.15) is 0 Å². The van der Waals surface area contributed by atoms with E-state index in [2.05, 4.69) is 13.0 Å². The van der Waals surface area contributed by atoms with Crippen molar-refractivity contribution in [3.63, 3.8) is 0 Å². The molecule has 0 bridgehead atoms. The first-order valence-corrected chi connectivity index (χ1v) is 5.37. The summed E-state index contributed by atoms with van der Waals surface area (Å²) >= 11 is 0. The SMILES string of the molecule is CCCC(O)n1c[n+](C)c2ccccc21.[I-]. The summed E-state index contributed by atoms with van der Waals surface area (Å²) in [4.78, 5) is 0. The Morgan fingerprint density at radius 2 is 2.06 bits per heavy atom. The van der Waals surface area contributed by atoms with Gasteiger partial charge in [0, 0.05) is 6.42 Å². The second kappa shape index (κ2) is 5.63. The van der Waals surface area contributed by atoms with Gasteiger partial charge in [-0.05, 0) is 18.6 Å². The molecule has 2 rings (SSSR count). The number of aryl methyl sites for hydroxylation is 1. The molecule has 1 atom stereocenters. The predicted molar refractivity (Wildman–Crippen MR) is 59.3 cm³/mol. The summed E-state index contributed by atoms with van der Waals surface area (Å²) in [6, 6.07) is 8.11. The highest BCUT2D eigenvalue weighted by atomic mass is 127. The molecule has 1 N–H and O–H groups in total. The number of benzene rings is 1. The molecule has 3 nitrogen and oxygen atoms in total. The first-order valence-electron chi connectivity index (χ1n) is 5.37. The third-order valence-electron chi connectivity index (χ3n) is 2.71. The maximum absolute atomic E-state index is 9.98. The highest BCUT2D eigenvalue weighted by molar-refractivity contribution is 5.71. The van der Waals surface area contributed by atoms with Crippen molar-refractivity contribution in [2.75, 3.05) is 0 Å². The van der Waals surface area contributed by atoms with E-state index < -0.39 is 6.23 Å². The van der Waals surface area contributed by atoms with Crippen LogP contribution in [0.5, 0.6) is 0 Å². The Labute approximate surface area is 113 Å². The van der Waals surface area contributed by atoms with Crippen LogP contribution in [-0.2, 0) is 7.05 Å². The highest BCUT2D eigenvalue weighted by Crippen LogP contribution is 2.17. The lowest BCUT2D eigenvalue weighted by Crippen LogP contribution is -3.00. The molecule has 2 aromatic rings. The van der Waals surface area contributed by atoms with E-state index in [1.54, 1.807) is 0 Å². The minimum Gasteiger partial charge on any atom is -1.00 e. The van der Waals surface area contributed by atoms with Crippen molar-refractivity contribution >= 4 is 11.0 Å². The summed E-state index contributed by atoms with van der Waals surface area (Å²) in [5, 5.41) is 9.98. The van der Waals surface area contributed by atoms with Crippen molar-refractivity contribution in [3.05, 3.63) is 30.6 Å². The maximum Gasteiger partial charge on any atom is 0.246 e. The van der Waals surface area contributed by atoms with E-state index >= 15 is 0 Å². The summed E-state index contributed by atoms with van der Waals surface area (Å²) in [5.74, 6) is 0. The van der Waals surface area contributed by atoms with Crippen molar-refractivity contribution in [2.24, 2.45) is 7.05 Å². The van der Waals surface area contributed by atoms with Crippen molar-refractivity contribution in [2.45, 2.75) is 26.0 Å². The van der Waals surface area contributed by atoms with Crippen LogP contribution in [0.15, 0.2) is 30.6 Å². The molecule has 0 saturated carbocycles. The Morgan fingerprint density at radius 3 is 2.75 bits per heavy atom. The Balaban J connectivity index is 0.00000128. The standard InChI is InChI=1S/C12H17N2O.HI/c1-3-6-12(15)14-9-13(2)10-7-4-5-8-11(10)14;/h4-5,7-9,12,15H,3,6H2,1-2H3;1H/q+1;/p-1. The minimum atomic E-state index is -0.416. The number of aliphatic hydroxyl groups excluding tert-OH is 1. The van der Waals surface area contributed by atoms with Crippen molar-refractivity contribution in [1.82, 2.24) is 4.57 Å². The van der Waals surface area contributed by atoms with Gasteiger partial charge in [0.05, 0.1) is 7.05 Å². The fourth-order valence-corrected chi connectivity index (χ4v) is 1.93. The minimum absolute atomic E-state index is 0. The first-order chi connectivity index (χ1) is 7.24. The van der Waals surface area contributed by atoms with Crippen LogP contribution in [-0.4, -0.2) is 9.67 Å². The van der Waals surface area contributed by atoms with E-state index in [1.165, 1.54) is 0 Å². The largest absolute Gasteiger partial charge is 1.00 e. The number of halogens is 1. The van der Waals surface area contributed by atoms with Gasteiger partial charge in [-0.1, -0.05) is 19.1 Å². The topological polar surface area (TPSA) is 29.0 Å². The third kappa shape index (κ3) is 2.38. The molecule has 0 amide bonds. The van der Waals surface area contributed by atoms with E-state index in [0.29, 0.717) is 0 Å². The first kappa shape index (κ1) is 13.4. The summed E-state index contributed by atoms with van der Waals surface area (Å²) in [6.45, 7) is 2.08. The number of imidazole rings is 1. The van der Waals surface area contributed by atoms with Crippen LogP contribution in [0.2, 0.25) is 0 Å². The van der Waals surface area contributed by atoms with Gasteiger partial charge in [0.1, 0.15) is 0 Å². The zero-order valence-electron chi connectivity index (χ0n) is 9.60. The van der Waals surface area contributed by atoms with Crippen LogP contribution >= 0.6 is 0 Å². The molecule has 0 aliphatic carbocycles. The van der Waals surface area contributed by atoms with Gasteiger partial charge < -0.3 is 29.1 Å². The van der Waals surface area contributed by atoms with E-state index in [9.17, 15) is 5.11 Å². The Bertz CT molecular complexity index is 467. The molecule has 1 aromatic heterocycles. The predicted octanol–water partition coefficient (Wildman–Crippen LogP) is -1.24. The molecule has 0 aliphatic heterocycles. The van der Waals surface area contributed by atoms with Crippen LogP contribution in [0.3, 0.4) is 0 Å². The number of aliphatic hydroxyl groups is 1. The monoisotopic (exact) mass is 332 g/mol. The van der Waals surface area contributed by atoms with Crippen LogP contribution < -0.4 is 28.5 Å². The molecule has 0 fully saturated rings. The third-order valence-corrected chi connectivity index (χ3v) is 2.71. The molecule has 0 saturated heterocycles. The van der Waals surface area contributed by atoms with Gasteiger partial charge in [-0.3, -0.25) is 0 Å². The number of nitrogens with zero attached hydrogens (tertiary/aromatic N) is 2. The molecule has 0 aliphatic rings. The molecule has 1 aromatic carbocycles. The highest BCUT2D eigenvalue weighted by Gasteiger charge is 2.18. The van der Waals surface area contributed by atoms with E-state index in [0.717, 1.165) is 23.9 Å². The molecule has 16 heavy (non-hydrogen) atoms. The Morgan fingerprint density at radius 1 is 1.38 bits per heavy atom. The summed E-state index contributed by atoms with van der Waals surface area (Å²) in [5.41, 5.74) is 2.23. The molecule has 88 valence electrons. The van der Waals surface area contributed by atoms with Gasteiger partial charge >= 0.3 is 0 Å². The average Bonchev–Trinajstić information content (AvgIpc) is 2.58. The van der Waals surface area contributed by atoms with Crippen LogP contribution in [0.25, 0.3) is 11.0 Å². The van der Waals surface area contributed by atoms with Gasteiger partial charge in [-0.25, -0.2) is 9.13 Å². The number of rotatable bonds is 3. The normalized spacial score (nSPS) is 12.4. The Kier molecular flexibility index (Phi) is 4.73. The lowest BCUT2D eigenvalue weighted by molar-refractivity contribution is -0.646. The summed E-state index contributed by atoms with van der Waals surface area (Å²) < 4.78 is 3.97. The van der Waals surface area contributed by atoms with Crippen LogP contribution in [0, 0.1) is 0 Å². The van der Waals surface area contributed by atoms with Crippen molar-refractivity contribution in [3.8, 4) is 0 Å². The van der Waals surface area contributed by atoms with E-state index in [1.807, 2.05) is 40.7 Å². The van der Waals surface area contributed by atoms with Crippen LogP contribution in [0.1, 0.15) is 26.0 Å². The number of para-hydroxylation sites is 2. The molecule has 0 spiro atoms. The molecule has 0 radical (unpaired) electrons. The Hall–Kier alpha value is -0.620. The smallest absolute Gasteiger partial charge is 0.246 e. The molecule has 1 unspecified atom stereocenters. The zero-order valence-corrected chi connectivity index (χ0v) is 11.8. The fourth-order valence-electron chi connectivity index (χ4n) is 1.93. The quantitative estimate of drug-likeness (QED) is 0.553. The number of hydrogen-bond acceptors (Lipinski definition) is 1. The number of hydrogen-bond donors (Lipinski definition) is 1. The number of fused-ring (bicyclic) bond motifs is 1. The van der Waals surface area contributed by atoms with Crippen LogP contribution in [0.4, 0.5) is 0 Å². The molecular formula is C12H17IN2O. The number of aromatic nitrogens is 2. The zero-order chi connectivity index (χ0) is 10.8. The van der Waals surface area contributed by atoms with Gasteiger partial charge in [0.15, 0.2) is 17.3 Å². The summed E-state index contributed by atoms with van der Waals surface area (Å²) in [7, 11) is 2.00. The lowest BCUT2D eigenvalue weighted by Gasteiger charge is -2.04. The van der Waals surface area contributed by atoms with E-state index in [-0.39, 0.29) is 24.0 Å². The van der Waals surface area contributed by atoms with Gasteiger partial charge in [0.2, 0.25) is 6.33 Å². The fraction of sp³-hybridized carbons (Fsp3) is 0.417. The maximum atomic E-state index is 9.98. The van der Waals surface area contributed by atoms with E-state index in [4.69, 9.17) is 0 Å². The average molecular weight is 332 g/mol. The lowest BCUT2D eigenvalue weighted by atomic mass is 10.3. The summed E-state index contributed by atoms with van der Waals surface area (Å²) in [6.07, 6.45) is 3.31. The van der Waals surface area contributed by atoms with Crippen molar-refractivity contribution < 1.29 is 33.7 Å². The molecular weight excluding hydrogens is 315 g/mol. The van der Waals surface area contributed by atoms with Gasteiger partial charge in [-0.15, -0.1) is 0 Å². The molecule has 4 heteroatoms. The van der Waals surface area contributed by atoms with Gasteiger partial charge in [0.25, 0.3) is 0 Å². The second-order valence-corrected chi connectivity index (χ2v) is 3.89. The second-order valence-electron chi connectivity index (χ2n) is 3.89.